The van der Waals surface area contributed by atoms with Crippen LogP contribution in [0, 0.1) is 50.1 Å². The molecule has 1 saturated carbocycles. The molecule has 7 aromatic rings. The molecule has 1 aliphatic rings. The van der Waals surface area contributed by atoms with Gasteiger partial charge in [0.2, 0.25) is 5.71 Å². The van der Waals surface area contributed by atoms with Crippen LogP contribution < -0.4 is 4.40 Å². The molecule has 0 atom stereocenters. The number of hydrogen-bond donors (Lipinski definition) is 0. The molecule has 0 spiro atoms. The SMILES string of the molecule is Cc1cc(-c2[c-]cc3oc4nc(-c5c(C)cc(F)cc5C)ccc4c3c2)ncc1CC1CCCC1.[2H]C([2H])(c1cc(-c2[c-]cccc2)nc[c]1[Ge]([CH3])([CH3])[CH3])C(C)(C)C.[Ir]. The van der Waals surface area contributed by atoms with Crippen LogP contribution in [0.2, 0.25) is 17.3 Å². The van der Waals surface area contributed by atoms with Crippen LogP contribution >= 0.6 is 0 Å². The quantitative estimate of drug-likeness (QED) is 0.118. The predicted molar refractivity (Wildman–Crippen MR) is 233 cm³/mol. The van der Waals surface area contributed by atoms with Gasteiger partial charge < -0.3 is 9.40 Å². The molecule has 1 aliphatic carbocycles. The second-order valence-corrected chi connectivity index (χ2v) is 28.1. The second-order valence-electron chi connectivity index (χ2n) is 17.6. The van der Waals surface area contributed by atoms with Gasteiger partial charge in [0, 0.05) is 37.3 Å². The average Bonchev–Trinajstić information content (AvgIpc) is 3.82. The first-order chi connectivity index (χ1) is 27.4. The van der Waals surface area contributed by atoms with Crippen molar-refractivity contribution in [2.75, 3.05) is 0 Å². The normalized spacial score (nSPS) is 14.2. The summed E-state index contributed by atoms with van der Waals surface area (Å²) >= 11 is -2.24. The largest absolute Gasteiger partial charge is 0 e. The van der Waals surface area contributed by atoms with Crippen molar-refractivity contribution in [1.82, 2.24) is 15.0 Å². The van der Waals surface area contributed by atoms with Crippen LogP contribution in [0.15, 0.2) is 89.6 Å². The number of nitrogens with zero attached hydrogens (tertiary/aromatic N) is 3. The Morgan fingerprint density at radius 1 is 0.807 bits per heavy atom. The van der Waals surface area contributed by atoms with E-state index in [-0.39, 0.29) is 25.9 Å². The molecule has 4 heterocycles. The van der Waals surface area contributed by atoms with Crippen LogP contribution in [0.4, 0.5) is 4.39 Å². The summed E-state index contributed by atoms with van der Waals surface area (Å²) in [5.41, 5.74) is 11.3. The zero-order chi connectivity index (χ0) is 41.6. The first-order valence-corrected chi connectivity index (χ1v) is 27.2. The summed E-state index contributed by atoms with van der Waals surface area (Å²) in [5.74, 6) is 7.43. The molecule has 4 aromatic heterocycles. The van der Waals surface area contributed by atoms with Crippen molar-refractivity contribution in [2.45, 2.75) is 97.3 Å². The minimum Gasteiger partial charge on any atom is 0 e. The average molecular weight is 999 g/mol. The van der Waals surface area contributed by atoms with Crippen molar-refractivity contribution in [3.63, 3.8) is 0 Å². The van der Waals surface area contributed by atoms with E-state index in [2.05, 4.69) is 59.6 Å². The molecule has 0 saturated heterocycles. The summed E-state index contributed by atoms with van der Waals surface area (Å²) in [7, 11) is 0. The molecule has 4 nitrogen and oxygen atoms in total. The molecule has 0 unspecified atom stereocenters. The van der Waals surface area contributed by atoms with Gasteiger partial charge in [-0.1, -0.05) is 42.7 Å². The molecule has 1 radical (unpaired) electrons. The maximum Gasteiger partial charge on any atom is 0 e. The van der Waals surface area contributed by atoms with Crippen LogP contribution in [-0.2, 0) is 32.9 Å². The third kappa shape index (κ3) is 10.0. The Hall–Kier alpha value is -3.97. The molecular weight excluding hydrogens is 942 g/mol. The Labute approximate surface area is 357 Å². The molecule has 3 aromatic carbocycles. The van der Waals surface area contributed by atoms with Gasteiger partial charge in [-0.3, -0.25) is 0 Å². The van der Waals surface area contributed by atoms with Gasteiger partial charge in [0.15, 0.2) is 0 Å². The van der Waals surface area contributed by atoms with E-state index >= 15 is 0 Å². The first kappa shape index (κ1) is 39.8. The van der Waals surface area contributed by atoms with Crippen molar-refractivity contribution in [3.8, 4) is 33.8 Å². The maximum atomic E-state index is 13.8. The summed E-state index contributed by atoms with van der Waals surface area (Å²) < 4.78 is 38.5. The number of rotatable bonds is 7. The maximum absolute atomic E-state index is 13.8. The van der Waals surface area contributed by atoms with E-state index in [1.165, 1.54) is 36.8 Å². The summed E-state index contributed by atoms with van der Waals surface area (Å²) in [6.45, 7) is 11.9. The van der Waals surface area contributed by atoms with Gasteiger partial charge in [0.05, 0.1) is 11.3 Å². The van der Waals surface area contributed by atoms with Crippen LogP contribution in [0.3, 0.4) is 0 Å². The van der Waals surface area contributed by atoms with Gasteiger partial charge in [0.1, 0.15) is 5.82 Å². The van der Waals surface area contributed by atoms with Gasteiger partial charge >= 0.3 is 135 Å². The Morgan fingerprint density at radius 2 is 1.51 bits per heavy atom. The summed E-state index contributed by atoms with van der Waals surface area (Å²) in [6, 6.07) is 29.5. The van der Waals surface area contributed by atoms with Crippen LogP contribution in [0.5, 0.6) is 0 Å². The smallest absolute Gasteiger partial charge is 0 e. The number of halogens is 1. The Morgan fingerprint density at radius 3 is 2.16 bits per heavy atom. The molecule has 0 bridgehead atoms. The van der Waals surface area contributed by atoms with E-state index in [4.69, 9.17) is 17.1 Å². The molecule has 57 heavy (non-hydrogen) atoms. The van der Waals surface area contributed by atoms with Crippen molar-refractivity contribution in [2.24, 2.45) is 11.3 Å². The fraction of sp³-hybridized carbons (Fsp3) is 0.340. The number of pyridine rings is 3. The van der Waals surface area contributed by atoms with Crippen LogP contribution in [-0.4, -0.2) is 28.2 Å². The molecule has 0 N–H and O–H groups in total. The zero-order valence-corrected chi connectivity index (χ0v) is 39.2. The topological polar surface area (TPSA) is 51.8 Å². The number of fused-ring (bicyclic) bond motifs is 3. The van der Waals surface area contributed by atoms with Gasteiger partial charge in [-0.05, 0) is 79.8 Å². The van der Waals surface area contributed by atoms with E-state index in [0.717, 1.165) is 83.6 Å². The Balaban J connectivity index is 0.000000213. The number of benzene rings is 3. The molecule has 0 amide bonds. The molecular formula is C50H54FGeIrN3O-2. The number of aromatic nitrogens is 3. The van der Waals surface area contributed by atoms with Gasteiger partial charge in [-0.15, -0.1) is 23.8 Å². The van der Waals surface area contributed by atoms with Crippen LogP contribution in [0.25, 0.3) is 55.8 Å². The van der Waals surface area contributed by atoms with Crippen molar-refractivity contribution < 1.29 is 31.7 Å². The van der Waals surface area contributed by atoms with E-state index in [0.29, 0.717) is 5.71 Å². The molecule has 1 fully saturated rings. The molecule has 297 valence electrons. The number of aryl methyl sites for hydroxylation is 3. The fourth-order valence-electron chi connectivity index (χ4n) is 7.93. The van der Waals surface area contributed by atoms with Crippen molar-refractivity contribution >= 4 is 39.7 Å². The second kappa shape index (κ2) is 17.5. The zero-order valence-electron chi connectivity index (χ0n) is 36.7. The van der Waals surface area contributed by atoms with Crippen LogP contribution in [0.1, 0.15) is 77.0 Å². The fourth-order valence-corrected chi connectivity index (χ4v) is 10.9. The van der Waals surface area contributed by atoms with Crippen molar-refractivity contribution in [3.05, 3.63) is 131 Å². The number of furan rings is 1. The summed E-state index contributed by atoms with van der Waals surface area (Å²) in [5, 5.41) is 1.95. The summed E-state index contributed by atoms with van der Waals surface area (Å²) in [4.78, 5) is 14.2. The number of hydrogen-bond acceptors (Lipinski definition) is 4. The first-order valence-electron chi connectivity index (χ1n) is 20.9. The minimum absolute atomic E-state index is 0. The van der Waals surface area contributed by atoms with E-state index in [9.17, 15) is 4.39 Å². The van der Waals surface area contributed by atoms with Gasteiger partial charge in [-0.25, -0.2) is 9.37 Å². The summed E-state index contributed by atoms with van der Waals surface area (Å²) in [6.07, 6.45) is 9.10. The third-order valence-electron chi connectivity index (χ3n) is 10.7. The van der Waals surface area contributed by atoms with E-state index < -0.39 is 25.1 Å². The third-order valence-corrected chi connectivity index (χ3v) is 14.9. The van der Waals surface area contributed by atoms with Crippen molar-refractivity contribution in [1.29, 1.82) is 0 Å². The predicted octanol–water partition coefficient (Wildman–Crippen LogP) is 13.0. The van der Waals surface area contributed by atoms with Gasteiger partial charge in [-0.2, -0.15) is 0 Å². The standard InChI is InChI=1S/C31H28FN2O.C19H26GeN.Ir/c1-18-14-28(33-17-23(18)15-21-6-4-5-7-21)22-8-11-29-26(16-22)25-9-10-27(34-31(25)35-29)30-19(2)12-24(32)13-20(30)3;1-19(2,3)13-16-12-18(15-10-8-7-9-11-15)21-14-17(16)20(4,5)6;/h9-14,16-17,21H,4-7,15H2,1-3H3;7-10,12,14H,13H2,1-6H3;/q2*-1;/i;13D2;. The Kier molecular flexibility index (Phi) is 12.2. The van der Waals surface area contributed by atoms with E-state index in [1.807, 2.05) is 89.3 Å². The monoisotopic (exact) mass is 1000 g/mol. The van der Waals surface area contributed by atoms with E-state index in [1.54, 1.807) is 12.1 Å². The molecule has 0 aliphatic heterocycles. The van der Waals surface area contributed by atoms with Gasteiger partial charge in [0.25, 0.3) is 0 Å². The molecule has 8 rings (SSSR count). The Bertz CT molecular complexity index is 2580. The molecule has 7 heteroatoms. The minimum atomic E-state index is -2.24.